The fourth-order valence-corrected chi connectivity index (χ4v) is 2.05. The molecule has 5 heteroatoms. The Morgan fingerprint density at radius 1 is 1.17 bits per heavy atom. The molecule has 0 saturated carbocycles. The molecule has 1 aromatic rings. The van der Waals surface area contributed by atoms with Gasteiger partial charge in [0, 0.05) is 26.8 Å². The van der Waals surface area contributed by atoms with E-state index >= 15 is 0 Å². The Balaban J connectivity index is 2.58. The van der Waals surface area contributed by atoms with Crippen LogP contribution in [0.5, 0.6) is 0 Å². The van der Waals surface area contributed by atoms with Crippen LogP contribution in [0.4, 0.5) is 0 Å². The standard InChI is InChI=1S/C19H33N3O2/c1-6-20-18(21-11-8-12-23-5)22-14-16-9-7-10-17(13-16)15-24-19(2,3)4/h7,9-10,13H,6,8,11-12,14-15H2,1-5H3,(H2,20,21,22). The molecule has 0 fully saturated rings. The number of nitrogens with one attached hydrogen (secondary N) is 2. The molecule has 0 saturated heterocycles. The van der Waals surface area contributed by atoms with E-state index in [2.05, 4.69) is 67.6 Å². The maximum absolute atomic E-state index is 5.84. The van der Waals surface area contributed by atoms with Gasteiger partial charge in [0.2, 0.25) is 0 Å². The fraction of sp³-hybridized carbons (Fsp3) is 0.632. The lowest BCUT2D eigenvalue weighted by molar-refractivity contribution is -0.0149. The van der Waals surface area contributed by atoms with Crippen molar-refractivity contribution < 1.29 is 9.47 Å². The Hall–Kier alpha value is -1.59. The third kappa shape index (κ3) is 9.53. The van der Waals surface area contributed by atoms with Crippen molar-refractivity contribution in [1.82, 2.24) is 10.6 Å². The van der Waals surface area contributed by atoms with E-state index in [1.807, 2.05) is 0 Å². The number of ether oxygens (including phenoxy) is 2. The first kappa shape index (κ1) is 20.5. The van der Waals surface area contributed by atoms with E-state index in [0.717, 1.165) is 32.1 Å². The molecule has 0 spiro atoms. The summed E-state index contributed by atoms with van der Waals surface area (Å²) >= 11 is 0. The Labute approximate surface area is 146 Å². The smallest absolute Gasteiger partial charge is 0.191 e. The lowest BCUT2D eigenvalue weighted by Gasteiger charge is -2.19. The average Bonchev–Trinajstić information content (AvgIpc) is 2.54. The van der Waals surface area contributed by atoms with Gasteiger partial charge in [0.15, 0.2) is 5.96 Å². The summed E-state index contributed by atoms with van der Waals surface area (Å²) in [5.74, 6) is 0.838. The summed E-state index contributed by atoms with van der Waals surface area (Å²) in [6, 6.07) is 8.40. The highest BCUT2D eigenvalue weighted by molar-refractivity contribution is 5.79. The van der Waals surface area contributed by atoms with Gasteiger partial charge >= 0.3 is 0 Å². The van der Waals surface area contributed by atoms with Crippen molar-refractivity contribution in [3.63, 3.8) is 0 Å². The molecule has 0 atom stereocenters. The van der Waals surface area contributed by atoms with Gasteiger partial charge in [-0.05, 0) is 45.2 Å². The Bertz CT molecular complexity index is 496. The summed E-state index contributed by atoms with van der Waals surface area (Å²) in [4.78, 5) is 4.64. The fourth-order valence-electron chi connectivity index (χ4n) is 2.05. The molecule has 24 heavy (non-hydrogen) atoms. The lowest BCUT2D eigenvalue weighted by atomic mass is 10.1. The topological polar surface area (TPSA) is 54.9 Å². The van der Waals surface area contributed by atoms with Gasteiger partial charge in [-0.3, -0.25) is 0 Å². The zero-order valence-corrected chi connectivity index (χ0v) is 15.8. The summed E-state index contributed by atoms with van der Waals surface area (Å²) in [6.45, 7) is 12.0. The summed E-state index contributed by atoms with van der Waals surface area (Å²) in [6.07, 6.45) is 0.959. The van der Waals surface area contributed by atoms with Crippen LogP contribution in [0.1, 0.15) is 45.2 Å². The lowest BCUT2D eigenvalue weighted by Crippen LogP contribution is -2.38. The quantitative estimate of drug-likeness (QED) is 0.414. The molecule has 0 aromatic heterocycles. The Morgan fingerprint density at radius 3 is 2.58 bits per heavy atom. The number of hydrogen-bond donors (Lipinski definition) is 2. The first-order valence-corrected chi connectivity index (χ1v) is 8.67. The van der Waals surface area contributed by atoms with Crippen molar-refractivity contribution in [2.75, 3.05) is 26.8 Å². The van der Waals surface area contributed by atoms with Gasteiger partial charge in [-0.15, -0.1) is 0 Å². The van der Waals surface area contributed by atoms with Crippen LogP contribution in [0.3, 0.4) is 0 Å². The summed E-state index contributed by atoms with van der Waals surface area (Å²) in [5.41, 5.74) is 2.23. The normalized spacial score (nSPS) is 12.3. The van der Waals surface area contributed by atoms with E-state index in [-0.39, 0.29) is 5.60 Å². The number of rotatable bonds is 9. The van der Waals surface area contributed by atoms with Crippen molar-refractivity contribution in [2.24, 2.45) is 4.99 Å². The van der Waals surface area contributed by atoms with Gasteiger partial charge in [0.1, 0.15) is 0 Å². The van der Waals surface area contributed by atoms with Crippen molar-refractivity contribution >= 4 is 5.96 Å². The second-order valence-corrected chi connectivity index (χ2v) is 6.69. The number of methoxy groups -OCH3 is 1. The summed E-state index contributed by atoms with van der Waals surface area (Å²) in [7, 11) is 1.72. The number of guanidine groups is 1. The van der Waals surface area contributed by atoms with Gasteiger partial charge in [-0.1, -0.05) is 24.3 Å². The van der Waals surface area contributed by atoms with E-state index in [4.69, 9.17) is 9.47 Å². The first-order chi connectivity index (χ1) is 11.4. The molecule has 0 aliphatic rings. The minimum absolute atomic E-state index is 0.126. The minimum atomic E-state index is -0.126. The molecule has 0 unspecified atom stereocenters. The van der Waals surface area contributed by atoms with E-state index < -0.39 is 0 Å². The Morgan fingerprint density at radius 2 is 1.92 bits per heavy atom. The molecule has 5 nitrogen and oxygen atoms in total. The molecule has 0 aliphatic heterocycles. The van der Waals surface area contributed by atoms with Gasteiger partial charge in [-0.2, -0.15) is 0 Å². The average molecular weight is 335 g/mol. The predicted molar refractivity (Wildman–Crippen MR) is 100 cm³/mol. The van der Waals surface area contributed by atoms with E-state index in [1.165, 1.54) is 11.1 Å². The first-order valence-electron chi connectivity index (χ1n) is 8.67. The second-order valence-electron chi connectivity index (χ2n) is 6.69. The highest BCUT2D eigenvalue weighted by Gasteiger charge is 2.10. The van der Waals surface area contributed by atoms with Gasteiger partial charge < -0.3 is 20.1 Å². The highest BCUT2D eigenvalue weighted by Crippen LogP contribution is 2.13. The van der Waals surface area contributed by atoms with Gasteiger partial charge in [-0.25, -0.2) is 4.99 Å². The van der Waals surface area contributed by atoms with Crippen LogP contribution < -0.4 is 10.6 Å². The SMILES string of the molecule is CCNC(=NCc1cccc(COC(C)(C)C)c1)NCCCOC. The Kier molecular flexibility index (Phi) is 9.42. The molecule has 2 N–H and O–H groups in total. The van der Waals surface area contributed by atoms with Crippen molar-refractivity contribution in [2.45, 2.75) is 52.9 Å². The maximum Gasteiger partial charge on any atom is 0.191 e. The van der Waals surface area contributed by atoms with E-state index in [9.17, 15) is 0 Å². The third-order valence-electron chi connectivity index (χ3n) is 3.24. The molecule has 136 valence electrons. The molecule has 1 aromatic carbocycles. The van der Waals surface area contributed by atoms with Crippen molar-refractivity contribution in [1.29, 1.82) is 0 Å². The maximum atomic E-state index is 5.84. The van der Waals surface area contributed by atoms with Crippen LogP contribution in [0, 0.1) is 0 Å². The number of aliphatic imine (C=N–C) groups is 1. The van der Waals surface area contributed by atoms with E-state index in [1.54, 1.807) is 7.11 Å². The number of nitrogens with zero attached hydrogens (tertiary/aromatic N) is 1. The molecule has 0 amide bonds. The second kappa shape index (κ2) is 11.0. The molecule has 0 aliphatic carbocycles. The third-order valence-corrected chi connectivity index (χ3v) is 3.24. The van der Waals surface area contributed by atoms with E-state index in [0.29, 0.717) is 13.2 Å². The zero-order chi connectivity index (χ0) is 17.8. The molecular formula is C19H33N3O2. The summed E-state index contributed by atoms with van der Waals surface area (Å²) in [5, 5.41) is 6.58. The van der Waals surface area contributed by atoms with Gasteiger partial charge in [0.05, 0.1) is 18.8 Å². The molecule has 0 radical (unpaired) electrons. The number of benzene rings is 1. The highest BCUT2D eigenvalue weighted by atomic mass is 16.5. The monoisotopic (exact) mass is 335 g/mol. The zero-order valence-electron chi connectivity index (χ0n) is 15.8. The predicted octanol–water partition coefficient (Wildman–Crippen LogP) is 3.09. The molecule has 0 heterocycles. The largest absolute Gasteiger partial charge is 0.385 e. The molecule has 1 rings (SSSR count). The van der Waals surface area contributed by atoms with Gasteiger partial charge in [0.25, 0.3) is 0 Å². The minimum Gasteiger partial charge on any atom is -0.385 e. The van der Waals surface area contributed by atoms with Crippen LogP contribution in [-0.2, 0) is 22.6 Å². The number of hydrogen-bond acceptors (Lipinski definition) is 3. The van der Waals surface area contributed by atoms with Crippen LogP contribution in [0.15, 0.2) is 29.3 Å². The van der Waals surface area contributed by atoms with Crippen LogP contribution in [0.2, 0.25) is 0 Å². The van der Waals surface area contributed by atoms with Crippen LogP contribution in [-0.4, -0.2) is 38.4 Å². The van der Waals surface area contributed by atoms with Crippen LogP contribution in [0.25, 0.3) is 0 Å². The molecular weight excluding hydrogens is 302 g/mol. The van der Waals surface area contributed by atoms with Crippen LogP contribution >= 0.6 is 0 Å². The van der Waals surface area contributed by atoms with Crippen molar-refractivity contribution in [3.05, 3.63) is 35.4 Å². The van der Waals surface area contributed by atoms with Crippen molar-refractivity contribution in [3.8, 4) is 0 Å². The molecule has 0 bridgehead atoms. The summed E-state index contributed by atoms with van der Waals surface area (Å²) < 4.78 is 10.9.